The third-order valence-electron chi connectivity index (χ3n) is 5.55. The highest BCUT2D eigenvalue weighted by Crippen LogP contribution is 2.33. The maximum atomic E-state index is 13.0. The molecule has 3 atom stereocenters. The molecule has 3 nitrogen and oxygen atoms in total. The van der Waals surface area contributed by atoms with Gasteiger partial charge in [-0.25, -0.2) is 0 Å². The minimum atomic E-state index is -0.00508. The number of allylic oxidation sites excluding steroid dienone is 5. The van der Waals surface area contributed by atoms with Crippen molar-refractivity contribution in [3.05, 3.63) is 76.9 Å². The van der Waals surface area contributed by atoms with Gasteiger partial charge in [-0.2, -0.15) is 0 Å². The Labute approximate surface area is 155 Å². The molecule has 0 saturated heterocycles. The molecule has 0 aliphatic heterocycles. The minimum Gasteiger partial charge on any atom is -0.345 e. The molecule has 3 N–H and O–H groups in total. The Hall–Kier alpha value is -2.39. The van der Waals surface area contributed by atoms with Crippen molar-refractivity contribution in [1.82, 2.24) is 5.32 Å². The molecule has 0 heterocycles. The summed E-state index contributed by atoms with van der Waals surface area (Å²) in [5.74, 6) is 0.557. The average Bonchev–Trinajstić information content (AvgIpc) is 3.01. The molecular weight excluding hydrogens is 320 g/mol. The lowest BCUT2D eigenvalue weighted by molar-refractivity contribution is 0.0944. The fourth-order valence-corrected chi connectivity index (χ4v) is 4.12. The van der Waals surface area contributed by atoms with Crippen LogP contribution in [0.15, 0.2) is 65.8 Å². The second-order valence-corrected chi connectivity index (χ2v) is 7.72. The highest BCUT2D eigenvalue weighted by atomic mass is 16.1. The summed E-state index contributed by atoms with van der Waals surface area (Å²) in [5, 5.41) is 3.20. The first-order valence-corrected chi connectivity index (χ1v) is 9.53. The van der Waals surface area contributed by atoms with Crippen LogP contribution in [0.5, 0.6) is 0 Å². The second-order valence-electron chi connectivity index (χ2n) is 7.72. The van der Waals surface area contributed by atoms with E-state index in [9.17, 15) is 4.79 Å². The first kappa shape index (κ1) is 17.0. The van der Waals surface area contributed by atoms with Gasteiger partial charge >= 0.3 is 0 Å². The molecule has 3 aliphatic carbocycles. The van der Waals surface area contributed by atoms with Crippen molar-refractivity contribution in [2.24, 2.45) is 11.7 Å². The summed E-state index contributed by atoms with van der Waals surface area (Å²) in [7, 11) is 0. The first-order chi connectivity index (χ1) is 12.6. The molecule has 0 spiro atoms. The molecule has 3 aliphatic rings. The quantitative estimate of drug-likeness (QED) is 0.864. The normalized spacial score (nSPS) is 27.3. The highest BCUT2D eigenvalue weighted by molar-refractivity contribution is 6.00. The van der Waals surface area contributed by atoms with Crippen LogP contribution in [0.4, 0.5) is 0 Å². The molecule has 0 radical (unpaired) electrons. The lowest BCUT2D eigenvalue weighted by Crippen LogP contribution is -2.35. The molecule has 1 aromatic carbocycles. The Balaban J connectivity index is 1.50. The molecule has 1 aromatic rings. The lowest BCUT2D eigenvalue weighted by atomic mass is 9.91. The summed E-state index contributed by atoms with van der Waals surface area (Å²) in [4.78, 5) is 13.0. The van der Waals surface area contributed by atoms with Crippen molar-refractivity contribution in [1.29, 1.82) is 0 Å². The summed E-state index contributed by atoms with van der Waals surface area (Å²) in [5.41, 5.74) is 11.7. The van der Waals surface area contributed by atoms with E-state index in [0.29, 0.717) is 5.92 Å². The minimum absolute atomic E-state index is 0.00508. The number of hydrogen-bond acceptors (Lipinski definition) is 2. The first-order valence-electron chi connectivity index (χ1n) is 9.53. The van der Waals surface area contributed by atoms with Crippen LogP contribution in [-0.2, 0) is 0 Å². The molecule has 26 heavy (non-hydrogen) atoms. The highest BCUT2D eigenvalue weighted by Gasteiger charge is 2.26. The summed E-state index contributed by atoms with van der Waals surface area (Å²) in [6, 6.07) is 8.18. The van der Waals surface area contributed by atoms with Crippen LogP contribution in [0, 0.1) is 5.92 Å². The number of carbonyl (C=O) groups excluding carboxylic acids is 1. The van der Waals surface area contributed by atoms with Gasteiger partial charge in [0.1, 0.15) is 0 Å². The molecule has 0 saturated carbocycles. The van der Waals surface area contributed by atoms with E-state index in [2.05, 4.69) is 42.6 Å². The number of nitrogens with one attached hydrogen (secondary N) is 1. The smallest absolute Gasteiger partial charge is 0.252 e. The average molecular weight is 346 g/mol. The zero-order valence-corrected chi connectivity index (χ0v) is 15.2. The maximum Gasteiger partial charge on any atom is 0.252 e. The molecular formula is C23H26N2O. The fraction of sp³-hybridized carbons (Fsp3) is 0.348. The second kappa shape index (κ2) is 7.08. The van der Waals surface area contributed by atoms with E-state index in [1.165, 1.54) is 11.1 Å². The van der Waals surface area contributed by atoms with Crippen LogP contribution >= 0.6 is 0 Å². The van der Waals surface area contributed by atoms with Gasteiger partial charge in [0.15, 0.2) is 0 Å². The summed E-state index contributed by atoms with van der Waals surface area (Å²) >= 11 is 0. The van der Waals surface area contributed by atoms with E-state index in [4.69, 9.17) is 5.73 Å². The van der Waals surface area contributed by atoms with Gasteiger partial charge in [-0.15, -0.1) is 0 Å². The third-order valence-corrected chi connectivity index (χ3v) is 5.55. The van der Waals surface area contributed by atoms with Gasteiger partial charge in [-0.1, -0.05) is 61.1 Å². The number of amides is 1. The lowest BCUT2D eigenvalue weighted by Gasteiger charge is -2.21. The van der Waals surface area contributed by atoms with E-state index in [1.54, 1.807) is 0 Å². The molecule has 4 rings (SSSR count). The Morgan fingerprint density at radius 2 is 1.96 bits per heavy atom. The zero-order valence-electron chi connectivity index (χ0n) is 15.2. The van der Waals surface area contributed by atoms with E-state index in [1.807, 2.05) is 24.3 Å². The van der Waals surface area contributed by atoms with Gasteiger partial charge in [0.25, 0.3) is 5.91 Å². The van der Waals surface area contributed by atoms with Gasteiger partial charge in [0.05, 0.1) is 6.04 Å². The Bertz CT molecular complexity index is 844. The van der Waals surface area contributed by atoms with E-state index < -0.39 is 0 Å². The molecule has 0 aromatic heterocycles. The summed E-state index contributed by atoms with van der Waals surface area (Å²) in [6.07, 6.45) is 14.7. The standard InChI is InChI=1S/C23H26N2O/c1-15-6-8-16(9-7-15)21-4-2-3-5-22(21)23(26)25-20-11-10-17-12-19(24)13-18(17)14-20/h2-6,8-11,15,19-20H,7,12-14,24H2,1H3,(H,25,26)/t15?,19?,20-/m0/s1. The third kappa shape index (κ3) is 3.45. The van der Waals surface area contributed by atoms with E-state index >= 15 is 0 Å². The largest absolute Gasteiger partial charge is 0.345 e. The number of hydrogen-bond donors (Lipinski definition) is 2. The summed E-state index contributed by atoms with van der Waals surface area (Å²) in [6.45, 7) is 2.20. The molecule has 2 unspecified atom stereocenters. The fourth-order valence-electron chi connectivity index (χ4n) is 4.12. The van der Waals surface area contributed by atoms with Gasteiger partial charge in [0, 0.05) is 11.6 Å². The summed E-state index contributed by atoms with van der Waals surface area (Å²) < 4.78 is 0. The van der Waals surface area contributed by atoms with Crippen LogP contribution in [0.25, 0.3) is 5.57 Å². The molecule has 0 bridgehead atoms. The van der Waals surface area contributed by atoms with E-state index in [-0.39, 0.29) is 18.0 Å². The molecule has 0 fully saturated rings. The van der Waals surface area contributed by atoms with Crippen LogP contribution in [0.2, 0.25) is 0 Å². The SMILES string of the molecule is CC1C=CC(c2ccccc2C(=O)N[C@H]2C=CC3=C(CC(N)C3)C2)=CC1. The molecule has 3 heteroatoms. The van der Waals surface area contributed by atoms with Crippen LogP contribution in [0.1, 0.15) is 48.5 Å². The number of rotatable bonds is 3. The van der Waals surface area contributed by atoms with Gasteiger partial charge < -0.3 is 11.1 Å². The van der Waals surface area contributed by atoms with Gasteiger partial charge in [-0.3, -0.25) is 4.79 Å². The van der Waals surface area contributed by atoms with Crippen molar-refractivity contribution in [2.45, 2.75) is 44.7 Å². The Morgan fingerprint density at radius 3 is 2.77 bits per heavy atom. The van der Waals surface area contributed by atoms with Crippen molar-refractivity contribution < 1.29 is 4.79 Å². The molecule has 1 amide bonds. The Morgan fingerprint density at radius 1 is 1.12 bits per heavy atom. The van der Waals surface area contributed by atoms with Crippen molar-refractivity contribution in [2.75, 3.05) is 0 Å². The topological polar surface area (TPSA) is 55.1 Å². The maximum absolute atomic E-state index is 13.0. The van der Waals surface area contributed by atoms with Crippen LogP contribution in [0.3, 0.4) is 0 Å². The van der Waals surface area contributed by atoms with Gasteiger partial charge in [-0.05, 0) is 54.4 Å². The van der Waals surface area contributed by atoms with E-state index in [0.717, 1.165) is 42.4 Å². The number of carbonyl (C=O) groups is 1. The number of nitrogens with two attached hydrogens (primary N) is 1. The predicted octanol–water partition coefficient (Wildman–Crippen LogP) is 4.14. The zero-order chi connectivity index (χ0) is 18.1. The molecule has 134 valence electrons. The van der Waals surface area contributed by atoms with Crippen molar-refractivity contribution >= 4 is 11.5 Å². The van der Waals surface area contributed by atoms with Crippen molar-refractivity contribution in [3.63, 3.8) is 0 Å². The van der Waals surface area contributed by atoms with Crippen LogP contribution < -0.4 is 11.1 Å². The van der Waals surface area contributed by atoms with Crippen LogP contribution in [-0.4, -0.2) is 18.0 Å². The monoisotopic (exact) mass is 346 g/mol. The van der Waals surface area contributed by atoms with Gasteiger partial charge in [0.2, 0.25) is 0 Å². The Kier molecular flexibility index (Phi) is 4.64. The predicted molar refractivity (Wildman–Crippen MR) is 107 cm³/mol. The van der Waals surface area contributed by atoms with Crippen molar-refractivity contribution in [3.8, 4) is 0 Å². The number of benzene rings is 1.